The zero-order valence-electron chi connectivity index (χ0n) is 17.7. The molecule has 0 saturated heterocycles. The first-order valence-corrected chi connectivity index (χ1v) is 10.0. The SMILES string of the molecule is COc1ccc(C(=O)Oc2ccc(/C=N\NC(=O)c3cc4ccccc4cc3O)cc2)cc1. The van der Waals surface area contributed by atoms with Crippen LogP contribution in [0.3, 0.4) is 0 Å². The first-order chi connectivity index (χ1) is 16.0. The van der Waals surface area contributed by atoms with Gasteiger partial charge in [0.15, 0.2) is 0 Å². The molecule has 0 unspecified atom stereocenters. The van der Waals surface area contributed by atoms with E-state index >= 15 is 0 Å². The maximum Gasteiger partial charge on any atom is 0.343 e. The lowest BCUT2D eigenvalue weighted by Gasteiger charge is -2.06. The number of hydrogen-bond acceptors (Lipinski definition) is 6. The minimum Gasteiger partial charge on any atom is -0.507 e. The summed E-state index contributed by atoms with van der Waals surface area (Å²) < 4.78 is 10.4. The molecule has 0 bridgehead atoms. The van der Waals surface area contributed by atoms with Crippen LogP contribution in [-0.2, 0) is 0 Å². The Labute approximate surface area is 189 Å². The van der Waals surface area contributed by atoms with Gasteiger partial charge in [-0.2, -0.15) is 5.10 Å². The Kier molecular flexibility index (Phi) is 6.31. The number of benzene rings is 4. The minimum absolute atomic E-state index is 0.121. The van der Waals surface area contributed by atoms with Crippen molar-refractivity contribution < 1.29 is 24.2 Å². The number of hydrazone groups is 1. The molecular weight excluding hydrogens is 420 g/mol. The van der Waals surface area contributed by atoms with Crippen molar-refractivity contribution in [3.05, 3.63) is 102 Å². The van der Waals surface area contributed by atoms with Crippen molar-refractivity contribution >= 4 is 28.9 Å². The summed E-state index contributed by atoms with van der Waals surface area (Å²) in [6.07, 6.45) is 1.45. The van der Waals surface area contributed by atoms with Crippen molar-refractivity contribution in [3.63, 3.8) is 0 Å². The molecule has 4 aromatic carbocycles. The number of carbonyl (C=O) groups is 2. The van der Waals surface area contributed by atoms with Crippen molar-refractivity contribution in [2.45, 2.75) is 0 Å². The van der Waals surface area contributed by atoms with Gasteiger partial charge >= 0.3 is 5.97 Å². The summed E-state index contributed by atoms with van der Waals surface area (Å²) in [5.41, 5.74) is 3.62. The Bertz CT molecular complexity index is 1330. The van der Waals surface area contributed by atoms with E-state index in [-0.39, 0.29) is 11.3 Å². The van der Waals surface area contributed by atoms with Gasteiger partial charge in [-0.15, -0.1) is 0 Å². The standard InChI is InChI=1S/C26H20N2O5/c1-32-21-12-8-18(9-13-21)26(31)33-22-10-6-17(7-11-22)16-27-28-25(30)23-14-19-4-2-3-5-20(19)15-24(23)29/h2-16,29H,1H3,(H,28,30)/b27-16-. The number of nitrogens with zero attached hydrogens (tertiary/aromatic N) is 1. The molecule has 0 aliphatic rings. The molecule has 0 atom stereocenters. The molecule has 164 valence electrons. The molecule has 0 saturated carbocycles. The van der Waals surface area contributed by atoms with E-state index in [0.717, 1.165) is 10.8 Å². The summed E-state index contributed by atoms with van der Waals surface area (Å²) in [5, 5.41) is 15.8. The third kappa shape index (κ3) is 5.16. The Morgan fingerprint density at radius 1 is 0.879 bits per heavy atom. The van der Waals surface area contributed by atoms with Crippen LogP contribution >= 0.6 is 0 Å². The minimum atomic E-state index is -0.528. The quantitative estimate of drug-likeness (QED) is 0.199. The van der Waals surface area contributed by atoms with E-state index in [9.17, 15) is 14.7 Å². The topological polar surface area (TPSA) is 97.2 Å². The number of rotatable bonds is 6. The fourth-order valence-electron chi connectivity index (χ4n) is 3.15. The molecule has 0 aromatic heterocycles. The van der Waals surface area contributed by atoms with Gasteiger partial charge in [0.1, 0.15) is 17.2 Å². The molecule has 0 aliphatic heterocycles. The summed E-state index contributed by atoms with van der Waals surface area (Å²) in [4.78, 5) is 24.6. The van der Waals surface area contributed by atoms with E-state index in [1.807, 2.05) is 24.3 Å². The first-order valence-electron chi connectivity index (χ1n) is 10.0. The van der Waals surface area contributed by atoms with Crippen LogP contribution in [0.5, 0.6) is 17.2 Å². The maximum absolute atomic E-state index is 12.4. The number of fused-ring (bicyclic) bond motifs is 1. The molecule has 7 nitrogen and oxygen atoms in total. The zero-order chi connectivity index (χ0) is 23.2. The highest BCUT2D eigenvalue weighted by molar-refractivity contribution is 6.01. The van der Waals surface area contributed by atoms with Crippen LogP contribution in [0.25, 0.3) is 10.8 Å². The van der Waals surface area contributed by atoms with Crippen LogP contribution < -0.4 is 14.9 Å². The molecule has 4 rings (SSSR count). The molecule has 0 fully saturated rings. The van der Waals surface area contributed by atoms with Gasteiger partial charge in [-0.1, -0.05) is 24.3 Å². The highest BCUT2D eigenvalue weighted by atomic mass is 16.5. The second-order valence-corrected chi connectivity index (χ2v) is 7.10. The Balaban J connectivity index is 1.36. The summed E-state index contributed by atoms with van der Waals surface area (Å²) in [6, 6.07) is 23.8. The number of aromatic hydroxyl groups is 1. The Morgan fingerprint density at radius 3 is 2.18 bits per heavy atom. The predicted octanol–water partition coefficient (Wildman–Crippen LogP) is 4.54. The van der Waals surface area contributed by atoms with Crippen molar-refractivity contribution in [2.24, 2.45) is 5.10 Å². The van der Waals surface area contributed by atoms with E-state index in [4.69, 9.17) is 9.47 Å². The number of hydrogen-bond donors (Lipinski definition) is 2. The highest BCUT2D eigenvalue weighted by Crippen LogP contribution is 2.25. The maximum atomic E-state index is 12.4. The lowest BCUT2D eigenvalue weighted by Crippen LogP contribution is -2.17. The summed E-state index contributed by atoms with van der Waals surface area (Å²) in [5.74, 6) is -0.110. The van der Waals surface area contributed by atoms with E-state index in [2.05, 4.69) is 10.5 Å². The lowest BCUT2D eigenvalue weighted by atomic mass is 10.1. The lowest BCUT2D eigenvalue weighted by molar-refractivity contribution is 0.0734. The number of amides is 1. The second-order valence-electron chi connectivity index (χ2n) is 7.10. The Morgan fingerprint density at radius 2 is 1.52 bits per heavy atom. The van der Waals surface area contributed by atoms with Gasteiger partial charge in [0.25, 0.3) is 5.91 Å². The summed E-state index contributed by atoms with van der Waals surface area (Å²) in [7, 11) is 1.55. The fourth-order valence-corrected chi connectivity index (χ4v) is 3.15. The second kappa shape index (κ2) is 9.65. The van der Waals surface area contributed by atoms with Crippen molar-refractivity contribution in [1.82, 2.24) is 5.43 Å². The number of esters is 1. The summed E-state index contributed by atoms with van der Waals surface area (Å²) >= 11 is 0. The van der Waals surface area contributed by atoms with Crippen molar-refractivity contribution in [2.75, 3.05) is 7.11 Å². The number of methoxy groups -OCH3 is 1. The molecule has 1 amide bonds. The number of carbonyl (C=O) groups excluding carboxylic acids is 2. The van der Waals surface area contributed by atoms with E-state index in [1.165, 1.54) is 6.21 Å². The number of phenolic OH excluding ortho intramolecular Hbond substituents is 1. The molecule has 7 heteroatoms. The molecule has 2 N–H and O–H groups in total. The van der Waals surface area contributed by atoms with Gasteiger partial charge in [0.05, 0.1) is 24.5 Å². The van der Waals surface area contributed by atoms with Gasteiger partial charge in [-0.05, 0) is 77.0 Å². The number of phenols is 1. The van der Waals surface area contributed by atoms with Crippen molar-refractivity contribution in [1.29, 1.82) is 0 Å². The van der Waals surface area contributed by atoms with E-state index in [0.29, 0.717) is 22.6 Å². The first kappa shape index (κ1) is 21.6. The third-order valence-corrected chi connectivity index (χ3v) is 4.90. The van der Waals surface area contributed by atoms with Crippen LogP contribution in [0.4, 0.5) is 0 Å². The van der Waals surface area contributed by atoms with Crippen molar-refractivity contribution in [3.8, 4) is 17.2 Å². The predicted molar refractivity (Wildman–Crippen MR) is 125 cm³/mol. The van der Waals surface area contributed by atoms with Gasteiger partial charge in [-0.25, -0.2) is 10.2 Å². The molecule has 4 aromatic rings. The zero-order valence-corrected chi connectivity index (χ0v) is 17.7. The average Bonchev–Trinajstić information content (AvgIpc) is 2.84. The monoisotopic (exact) mass is 440 g/mol. The smallest absolute Gasteiger partial charge is 0.343 e. The number of nitrogens with one attached hydrogen (secondary N) is 1. The van der Waals surface area contributed by atoms with Gasteiger partial charge in [-0.3, -0.25) is 4.79 Å². The van der Waals surface area contributed by atoms with E-state index in [1.54, 1.807) is 67.8 Å². The van der Waals surface area contributed by atoms with Crippen LogP contribution in [0.1, 0.15) is 26.3 Å². The van der Waals surface area contributed by atoms with Crippen LogP contribution in [0, 0.1) is 0 Å². The molecule has 0 spiro atoms. The summed E-state index contributed by atoms with van der Waals surface area (Å²) in [6.45, 7) is 0. The van der Waals surface area contributed by atoms with E-state index < -0.39 is 11.9 Å². The van der Waals surface area contributed by atoms with Crippen LogP contribution in [0.2, 0.25) is 0 Å². The molecular formula is C26H20N2O5. The molecule has 0 aliphatic carbocycles. The van der Waals surface area contributed by atoms with Gasteiger partial charge < -0.3 is 14.6 Å². The van der Waals surface area contributed by atoms with Gasteiger partial charge in [0.2, 0.25) is 0 Å². The third-order valence-electron chi connectivity index (χ3n) is 4.90. The fraction of sp³-hybridized carbons (Fsp3) is 0.0385. The van der Waals surface area contributed by atoms with Gasteiger partial charge in [0, 0.05) is 0 Å². The van der Waals surface area contributed by atoms with Crippen LogP contribution in [-0.4, -0.2) is 30.3 Å². The largest absolute Gasteiger partial charge is 0.507 e. The Hall–Kier alpha value is -4.65. The van der Waals surface area contributed by atoms with Crippen LogP contribution in [0.15, 0.2) is 90.0 Å². The molecule has 0 radical (unpaired) electrons. The average molecular weight is 440 g/mol. The molecule has 0 heterocycles. The molecule has 33 heavy (non-hydrogen) atoms. The normalized spacial score (nSPS) is 10.8. The number of ether oxygens (including phenoxy) is 2. The highest BCUT2D eigenvalue weighted by Gasteiger charge is 2.12.